The Bertz CT molecular complexity index is 460. The average molecular weight is 258 g/mol. The van der Waals surface area contributed by atoms with E-state index in [0.29, 0.717) is 12.0 Å². The van der Waals surface area contributed by atoms with Crippen LogP contribution in [-0.2, 0) is 0 Å². The Labute approximate surface area is 115 Å². The van der Waals surface area contributed by atoms with Crippen LogP contribution in [0.25, 0.3) is 0 Å². The van der Waals surface area contributed by atoms with E-state index in [1.807, 2.05) is 45.0 Å². The predicted molar refractivity (Wildman–Crippen MR) is 80.2 cm³/mol. The lowest BCUT2D eigenvalue weighted by atomic mass is 10.1. The van der Waals surface area contributed by atoms with Crippen LogP contribution >= 0.6 is 0 Å². The van der Waals surface area contributed by atoms with Gasteiger partial charge in [-0.05, 0) is 32.4 Å². The summed E-state index contributed by atoms with van der Waals surface area (Å²) in [5, 5.41) is 6.25. The summed E-state index contributed by atoms with van der Waals surface area (Å²) in [6.07, 6.45) is 6.69. The summed E-state index contributed by atoms with van der Waals surface area (Å²) in [6.45, 7) is 6.10. The molecule has 0 saturated heterocycles. The highest BCUT2D eigenvalue weighted by molar-refractivity contribution is 5.99. The number of carbonyl (C=O) groups excluding carboxylic acids is 1. The third-order valence-corrected chi connectivity index (χ3v) is 2.81. The van der Waals surface area contributed by atoms with Crippen molar-refractivity contribution in [2.75, 3.05) is 5.32 Å². The van der Waals surface area contributed by atoms with Crippen LogP contribution in [0.3, 0.4) is 0 Å². The van der Waals surface area contributed by atoms with E-state index in [4.69, 9.17) is 6.42 Å². The predicted octanol–water partition coefficient (Wildman–Crippen LogP) is 3.04. The second kappa shape index (κ2) is 7.48. The van der Waals surface area contributed by atoms with E-state index >= 15 is 0 Å². The number of carbonyl (C=O) groups is 1. The summed E-state index contributed by atoms with van der Waals surface area (Å²) >= 11 is 0. The molecular weight excluding hydrogens is 236 g/mol. The van der Waals surface area contributed by atoms with Crippen molar-refractivity contribution < 1.29 is 4.79 Å². The minimum atomic E-state index is -0.0779. The zero-order valence-corrected chi connectivity index (χ0v) is 11.9. The molecule has 0 heterocycles. The maximum absolute atomic E-state index is 12.3. The molecule has 19 heavy (non-hydrogen) atoms. The van der Waals surface area contributed by atoms with E-state index in [1.54, 1.807) is 0 Å². The topological polar surface area (TPSA) is 41.1 Å². The molecule has 0 aliphatic rings. The maximum Gasteiger partial charge on any atom is 0.253 e. The Balaban J connectivity index is 2.84. The first kappa shape index (κ1) is 15.1. The number of amides is 1. The van der Waals surface area contributed by atoms with Crippen LogP contribution in [-0.4, -0.2) is 18.0 Å². The van der Waals surface area contributed by atoms with Crippen molar-refractivity contribution >= 4 is 11.6 Å². The molecule has 3 heteroatoms. The second-order valence-electron chi connectivity index (χ2n) is 4.83. The van der Waals surface area contributed by atoms with Crippen LogP contribution in [0.5, 0.6) is 0 Å². The van der Waals surface area contributed by atoms with Gasteiger partial charge < -0.3 is 10.6 Å². The van der Waals surface area contributed by atoms with Gasteiger partial charge in [0.05, 0.1) is 5.56 Å². The largest absolute Gasteiger partial charge is 0.382 e. The van der Waals surface area contributed by atoms with Crippen molar-refractivity contribution in [1.29, 1.82) is 0 Å². The Morgan fingerprint density at radius 1 is 1.37 bits per heavy atom. The molecule has 1 amide bonds. The molecule has 1 rings (SSSR count). The highest BCUT2D eigenvalue weighted by Crippen LogP contribution is 2.16. The summed E-state index contributed by atoms with van der Waals surface area (Å²) in [7, 11) is 0. The summed E-state index contributed by atoms with van der Waals surface area (Å²) in [6, 6.07) is 7.83. The number of terminal acetylenes is 1. The molecule has 0 saturated carbocycles. The third-order valence-electron chi connectivity index (χ3n) is 2.81. The van der Waals surface area contributed by atoms with Crippen LogP contribution < -0.4 is 10.6 Å². The first-order chi connectivity index (χ1) is 9.08. The van der Waals surface area contributed by atoms with Crippen molar-refractivity contribution in [3.8, 4) is 12.3 Å². The molecule has 102 valence electrons. The Hall–Kier alpha value is -1.95. The molecule has 3 nitrogen and oxygen atoms in total. The lowest BCUT2D eigenvalue weighted by Crippen LogP contribution is -2.34. The number of anilines is 1. The number of hydrogen-bond donors (Lipinski definition) is 2. The molecule has 0 spiro atoms. The summed E-state index contributed by atoms with van der Waals surface area (Å²) < 4.78 is 0. The van der Waals surface area contributed by atoms with E-state index in [2.05, 4.69) is 16.6 Å². The molecule has 2 N–H and O–H groups in total. The van der Waals surface area contributed by atoms with Crippen LogP contribution in [0.4, 0.5) is 5.69 Å². The fraction of sp³-hybridized carbons (Fsp3) is 0.438. The third kappa shape index (κ3) is 4.67. The lowest BCUT2D eigenvalue weighted by Gasteiger charge is -2.18. The molecule has 0 aliphatic carbocycles. The van der Waals surface area contributed by atoms with Gasteiger partial charge in [-0.25, -0.2) is 0 Å². The van der Waals surface area contributed by atoms with Crippen LogP contribution in [0.15, 0.2) is 24.3 Å². The van der Waals surface area contributed by atoms with Gasteiger partial charge >= 0.3 is 0 Å². The number of benzene rings is 1. The molecule has 0 bridgehead atoms. The van der Waals surface area contributed by atoms with Gasteiger partial charge in [-0.1, -0.05) is 19.1 Å². The monoisotopic (exact) mass is 258 g/mol. The molecular formula is C16H22N2O. The molecule has 0 radical (unpaired) electrons. The number of nitrogens with one attached hydrogen (secondary N) is 2. The Morgan fingerprint density at radius 3 is 2.63 bits per heavy atom. The van der Waals surface area contributed by atoms with Crippen LogP contribution in [0, 0.1) is 12.3 Å². The van der Waals surface area contributed by atoms with Gasteiger partial charge in [-0.15, -0.1) is 12.3 Å². The maximum atomic E-state index is 12.3. The number of hydrogen-bond acceptors (Lipinski definition) is 2. The lowest BCUT2D eigenvalue weighted by molar-refractivity contribution is 0.0937. The normalized spacial score (nSPS) is 11.7. The molecule has 1 aromatic rings. The van der Waals surface area contributed by atoms with Crippen molar-refractivity contribution in [2.24, 2.45) is 0 Å². The van der Waals surface area contributed by atoms with E-state index in [0.717, 1.165) is 12.1 Å². The van der Waals surface area contributed by atoms with Crippen molar-refractivity contribution in [3.05, 3.63) is 29.8 Å². The van der Waals surface area contributed by atoms with Crippen LogP contribution in [0.2, 0.25) is 0 Å². The molecule has 0 aliphatic heterocycles. The molecule has 0 fully saturated rings. The SMILES string of the molecule is C#CCC(CC)NC(=O)c1ccccc1NC(C)C. The number of para-hydroxylation sites is 1. The Kier molecular flexibility index (Phi) is 5.95. The smallest absolute Gasteiger partial charge is 0.253 e. The standard InChI is InChI=1S/C16H22N2O/c1-5-9-13(6-2)18-16(19)14-10-7-8-11-15(14)17-12(3)4/h1,7-8,10-13,17H,6,9H2,2-4H3,(H,18,19). The highest BCUT2D eigenvalue weighted by atomic mass is 16.1. The molecule has 1 unspecified atom stereocenters. The minimum absolute atomic E-state index is 0.0320. The second-order valence-corrected chi connectivity index (χ2v) is 4.83. The highest BCUT2D eigenvalue weighted by Gasteiger charge is 2.14. The minimum Gasteiger partial charge on any atom is -0.382 e. The summed E-state index contributed by atoms with van der Waals surface area (Å²) in [4.78, 5) is 12.3. The first-order valence-corrected chi connectivity index (χ1v) is 6.68. The van der Waals surface area contributed by atoms with Gasteiger partial charge in [-0.3, -0.25) is 4.79 Å². The van der Waals surface area contributed by atoms with Gasteiger partial charge in [0.25, 0.3) is 5.91 Å². The van der Waals surface area contributed by atoms with E-state index in [9.17, 15) is 4.79 Å². The number of rotatable bonds is 6. The fourth-order valence-corrected chi connectivity index (χ4v) is 1.82. The van der Waals surface area contributed by atoms with Crippen molar-refractivity contribution in [1.82, 2.24) is 5.32 Å². The van der Waals surface area contributed by atoms with E-state index in [-0.39, 0.29) is 18.0 Å². The summed E-state index contributed by atoms with van der Waals surface area (Å²) in [5.41, 5.74) is 1.51. The van der Waals surface area contributed by atoms with Crippen molar-refractivity contribution in [2.45, 2.75) is 45.7 Å². The zero-order valence-electron chi connectivity index (χ0n) is 11.9. The van der Waals surface area contributed by atoms with Crippen molar-refractivity contribution in [3.63, 3.8) is 0 Å². The van der Waals surface area contributed by atoms with Gasteiger partial charge in [0.2, 0.25) is 0 Å². The zero-order chi connectivity index (χ0) is 14.3. The van der Waals surface area contributed by atoms with Gasteiger partial charge in [0.15, 0.2) is 0 Å². The van der Waals surface area contributed by atoms with E-state index in [1.165, 1.54) is 0 Å². The van der Waals surface area contributed by atoms with Gasteiger partial charge in [0.1, 0.15) is 0 Å². The van der Waals surface area contributed by atoms with Crippen LogP contribution in [0.1, 0.15) is 44.0 Å². The summed E-state index contributed by atoms with van der Waals surface area (Å²) in [5.74, 6) is 2.51. The Morgan fingerprint density at radius 2 is 2.05 bits per heavy atom. The fourth-order valence-electron chi connectivity index (χ4n) is 1.82. The van der Waals surface area contributed by atoms with Gasteiger partial charge in [-0.2, -0.15) is 0 Å². The van der Waals surface area contributed by atoms with Gasteiger partial charge in [0, 0.05) is 24.2 Å². The molecule has 1 atom stereocenters. The molecule has 1 aromatic carbocycles. The average Bonchev–Trinajstić information content (AvgIpc) is 2.38. The quantitative estimate of drug-likeness (QED) is 0.770. The molecule has 0 aromatic heterocycles. The first-order valence-electron chi connectivity index (χ1n) is 6.68. The van der Waals surface area contributed by atoms with E-state index < -0.39 is 0 Å².